The van der Waals surface area contributed by atoms with Gasteiger partial charge in [0.2, 0.25) is 0 Å². The Balaban J connectivity index is 2.43. The molecular weight excluding hydrogens is 320 g/mol. The van der Waals surface area contributed by atoms with E-state index in [1.807, 2.05) is 0 Å². The van der Waals surface area contributed by atoms with Crippen molar-refractivity contribution in [3.8, 4) is 0 Å². The van der Waals surface area contributed by atoms with E-state index in [1.165, 1.54) is 18.3 Å². The standard InChI is InChI=1S/C11H9ClN4O4S/c12-8-2-1-5-14-11(8)15-21(19,20)7-3-4-9(13)10(6-7)16(17)18/h1-6H,13H2,(H,14,15). The number of pyridine rings is 1. The topological polar surface area (TPSA) is 128 Å². The van der Waals surface area contributed by atoms with E-state index in [0.29, 0.717) is 0 Å². The Hall–Kier alpha value is -2.39. The summed E-state index contributed by atoms with van der Waals surface area (Å²) in [5.41, 5.74) is 4.79. The maximum atomic E-state index is 12.2. The van der Waals surface area contributed by atoms with Crippen molar-refractivity contribution >= 4 is 38.8 Å². The zero-order valence-electron chi connectivity index (χ0n) is 10.4. The number of nitrogen functional groups attached to an aromatic ring is 1. The average molecular weight is 329 g/mol. The SMILES string of the molecule is Nc1ccc(S(=O)(=O)Nc2ncccc2Cl)cc1[N+](=O)[O-]. The quantitative estimate of drug-likeness (QED) is 0.502. The molecule has 1 heterocycles. The van der Waals surface area contributed by atoms with Crippen LogP contribution >= 0.6 is 11.6 Å². The van der Waals surface area contributed by atoms with Gasteiger partial charge in [-0.3, -0.25) is 14.8 Å². The van der Waals surface area contributed by atoms with E-state index in [-0.39, 0.29) is 21.4 Å². The number of nitrogens with zero attached hydrogens (tertiary/aromatic N) is 2. The van der Waals surface area contributed by atoms with Gasteiger partial charge in [-0.15, -0.1) is 0 Å². The van der Waals surface area contributed by atoms with Crippen LogP contribution in [0.5, 0.6) is 0 Å². The Morgan fingerprint density at radius 3 is 2.67 bits per heavy atom. The van der Waals surface area contributed by atoms with Crippen molar-refractivity contribution in [2.24, 2.45) is 0 Å². The van der Waals surface area contributed by atoms with Crippen LogP contribution in [0.4, 0.5) is 17.2 Å². The minimum atomic E-state index is -4.07. The molecule has 0 unspecified atom stereocenters. The van der Waals surface area contributed by atoms with Crippen LogP contribution in [0.25, 0.3) is 0 Å². The fraction of sp³-hybridized carbons (Fsp3) is 0. The third-order valence-electron chi connectivity index (χ3n) is 2.50. The van der Waals surface area contributed by atoms with Crippen LogP contribution in [0.1, 0.15) is 0 Å². The van der Waals surface area contributed by atoms with E-state index < -0.39 is 20.6 Å². The summed E-state index contributed by atoms with van der Waals surface area (Å²) in [5, 5.41) is 10.9. The lowest BCUT2D eigenvalue weighted by atomic mass is 10.3. The molecule has 0 aliphatic rings. The first-order valence-electron chi connectivity index (χ1n) is 5.48. The van der Waals surface area contributed by atoms with Gasteiger partial charge in [0.25, 0.3) is 15.7 Å². The molecular formula is C11H9ClN4O4S. The summed E-state index contributed by atoms with van der Waals surface area (Å²) in [4.78, 5) is 13.5. The number of aromatic nitrogens is 1. The summed E-state index contributed by atoms with van der Waals surface area (Å²) >= 11 is 5.81. The Kier molecular flexibility index (Phi) is 3.96. The smallest absolute Gasteiger partial charge is 0.293 e. The minimum absolute atomic E-state index is 0.0707. The van der Waals surface area contributed by atoms with Crippen molar-refractivity contribution in [3.05, 3.63) is 51.7 Å². The summed E-state index contributed by atoms with van der Waals surface area (Å²) < 4.78 is 26.5. The summed E-state index contributed by atoms with van der Waals surface area (Å²) in [6.45, 7) is 0. The zero-order valence-corrected chi connectivity index (χ0v) is 11.9. The Bertz CT molecular complexity index is 810. The third-order valence-corrected chi connectivity index (χ3v) is 4.14. The second kappa shape index (κ2) is 5.54. The van der Waals surface area contributed by atoms with Crippen molar-refractivity contribution in [1.29, 1.82) is 0 Å². The molecule has 1 aromatic heterocycles. The molecule has 0 amide bonds. The number of benzene rings is 1. The molecule has 0 aliphatic heterocycles. The third kappa shape index (κ3) is 3.20. The number of nitro groups is 1. The van der Waals surface area contributed by atoms with E-state index in [1.54, 1.807) is 0 Å². The number of sulfonamides is 1. The van der Waals surface area contributed by atoms with Gasteiger partial charge in [-0.2, -0.15) is 0 Å². The average Bonchev–Trinajstić information content (AvgIpc) is 2.41. The molecule has 0 spiro atoms. The van der Waals surface area contributed by atoms with Crippen molar-refractivity contribution in [3.63, 3.8) is 0 Å². The van der Waals surface area contributed by atoms with Crippen molar-refractivity contribution in [2.75, 3.05) is 10.5 Å². The van der Waals surface area contributed by atoms with Gasteiger partial charge >= 0.3 is 0 Å². The van der Waals surface area contributed by atoms with E-state index in [9.17, 15) is 18.5 Å². The number of nitrogens with one attached hydrogen (secondary N) is 1. The maximum Gasteiger partial charge on any atom is 0.293 e. The molecule has 2 rings (SSSR count). The fourth-order valence-electron chi connectivity index (χ4n) is 1.50. The van der Waals surface area contributed by atoms with Crippen LogP contribution < -0.4 is 10.5 Å². The van der Waals surface area contributed by atoms with E-state index >= 15 is 0 Å². The number of hydrogen-bond donors (Lipinski definition) is 2. The van der Waals surface area contributed by atoms with E-state index in [0.717, 1.165) is 18.2 Å². The van der Waals surface area contributed by atoms with Gasteiger partial charge in [0, 0.05) is 12.3 Å². The summed E-state index contributed by atoms with van der Waals surface area (Å²) in [6.07, 6.45) is 1.36. The molecule has 8 nitrogen and oxygen atoms in total. The van der Waals surface area contributed by atoms with E-state index in [4.69, 9.17) is 17.3 Å². The molecule has 0 saturated carbocycles. The number of halogens is 1. The first-order chi connectivity index (χ1) is 9.81. The zero-order chi connectivity index (χ0) is 15.6. The maximum absolute atomic E-state index is 12.2. The van der Waals surface area contributed by atoms with E-state index in [2.05, 4.69) is 9.71 Å². The molecule has 2 aromatic rings. The van der Waals surface area contributed by atoms with Gasteiger partial charge in [0.1, 0.15) is 5.69 Å². The second-order valence-corrected chi connectivity index (χ2v) is 6.01. The number of anilines is 2. The first-order valence-corrected chi connectivity index (χ1v) is 7.34. The summed E-state index contributed by atoms with van der Waals surface area (Å²) in [5.74, 6) is -0.0707. The number of nitrogens with two attached hydrogens (primary N) is 1. The largest absolute Gasteiger partial charge is 0.393 e. The molecule has 3 N–H and O–H groups in total. The number of nitro benzene ring substituents is 1. The second-order valence-electron chi connectivity index (χ2n) is 3.92. The number of rotatable bonds is 4. The van der Waals surface area contributed by atoms with Crippen LogP contribution in [-0.4, -0.2) is 18.3 Å². The van der Waals surface area contributed by atoms with Crippen molar-refractivity contribution in [1.82, 2.24) is 4.98 Å². The van der Waals surface area contributed by atoms with Crippen molar-refractivity contribution in [2.45, 2.75) is 4.90 Å². The highest BCUT2D eigenvalue weighted by molar-refractivity contribution is 7.92. The lowest BCUT2D eigenvalue weighted by Crippen LogP contribution is -2.14. The highest BCUT2D eigenvalue weighted by atomic mass is 35.5. The van der Waals surface area contributed by atoms with Crippen LogP contribution in [0, 0.1) is 10.1 Å². The normalized spacial score (nSPS) is 11.1. The molecule has 21 heavy (non-hydrogen) atoms. The van der Waals surface area contributed by atoms with Gasteiger partial charge in [-0.25, -0.2) is 13.4 Å². The Morgan fingerprint density at radius 1 is 1.33 bits per heavy atom. The van der Waals surface area contributed by atoms with Crippen LogP contribution in [-0.2, 0) is 10.0 Å². The Labute approximate surface area is 124 Å². The molecule has 1 aromatic carbocycles. The molecule has 0 aliphatic carbocycles. The van der Waals surface area contributed by atoms with Crippen molar-refractivity contribution < 1.29 is 13.3 Å². The molecule has 10 heteroatoms. The van der Waals surface area contributed by atoms with Crippen LogP contribution in [0.15, 0.2) is 41.4 Å². The highest BCUT2D eigenvalue weighted by Gasteiger charge is 2.21. The molecule has 110 valence electrons. The first kappa shape index (κ1) is 15.0. The molecule has 0 bridgehead atoms. The lowest BCUT2D eigenvalue weighted by molar-refractivity contribution is -0.384. The van der Waals surface area contributed by atoms with Gasteiger partial charge in [-0.1, -0.05) is 11.6 Å². The molecule has 0 radical (unpaired) electrons. The Morgan fingerprint density at radius 2 is 2.05 bits per heavy atom. The van der Waals surface area contributed by atoms with Crippen LogP contribution in [0.3, 0.4) is 0 Å². The van der Waals surface area contributed by atoms with Gasteiger partial charge in [0.15, 0.2) is 5.82 Å². The number of hydrogen-bond acceptors (Lipinski definition) is 6. The highest BCUT2D eigenvalue weighted by Crippen LogP contribution is 2.27. The monoisotopic (exact) mass is 328 g/mol. The molecule has 0 atom stereocenters. The van der Waals surface area contributed by atoms with Gasteiger partial charge in [0.05, 0.1) is 14.8 Å². The minimum Gasteiger partial charge on any atom is -0.393 e. The lowest BCUT2D eigenvalue weighted by Gasteiger charge is -2.08. The van der Waals surface area contributed by atoms with Crippen LogP contribution in [0.2, 0.25) is 5.02 Å². The molecule has 0 saturated heterocycles. The summed E-state index contributed by atoms with van der Waals surface area (Å²) in [7, 11) is -4.07. The van der Waals surface area contributed by atoms with Gasteiger partial charge < -0.3 is 5.73 Å². The predicted molar refractivity (Wildman–Crippen MR) is 77.6 cm³/mol. The van der Waals surface area contributed by atoms with Gasteiger partial charge in [-0.05, 0) is 24.3 Å². The molecule has 0 fully saturated rings. The predicted octanol–water partition coefficient (Wildman–Crippen LogP) is 2.03. The fourth-order valence-corrected chi connectivity index (χ4v) is 2.77. The summed E-state index contributed by atoms with van der Waals surface area (Å²) in [6, 6.07) is 6.16.